The molecule has 1 heterocycles. The molecule has 17 heavy (non-hydrogen) atoms. The number of aromatic nitrogens is 2. The van der Waals surface area contributed by atoms with Crippen molar-refractivity contribution in [1.82, 2.24) is 14.7 Å². The topological polar surface area (TPSA) is 41.3 Å². The minimum absolute atomic E-state index is 0.450. The van der Waals surface area contributed by atoms with Gasteiger partial charge in [-0.2, -0.15) is 5.10 Å². The third-order valence-electron chi connectivity index (χ3n) is 2.60. The molecule has 0 saturated heterocycles. The van der Waals surface area contributed by atoms with Gasteiger partial charge in [-0.05, 0) is 42.4 Å². The molecule has 1 unspecified atom stereocenters. The van der Waals surface area contributed by atoms with Gasteiger partial charge in [-0.15, -0.1) is 0 Å². The molecule has 0 saturated carbocycles. The summed E-state index contributed by atoms with van der Waals surface area (Å²) in [5, 5.41) is 14.5. The first-order chi connectivity index (χ1) is 7.91. The highest BCUT2D eigenvalue weighted by molar-refractivity contribution is 9.10. The van der Waals surface area contributed by atoms with E-state index in [4.69, 9.17) is 0 Å². The van der Waals surface area contributed by atoms with Gasteiger partial charge in [0.2, 0.25) is 0 Å². The molecule has 4 nitrogen and oxygen atoms in total. The van der Waals surface area contributed by atoms with Crippen LogP contribution in [0.25, 0.3) is 0 Å². The third kappa shape index (κ3) is 4.41. The molecule has 0 amide bonds. The maximum atomic E-state index is 10.2. The first-order valence-electron chi connectivity index (χ1n) is 5.95. The molecule has 0 fully saturated rings. The van der Waals surface area contributed by atoms with Crippen LogP contribution in [0.3, 0.4) is 0 Å². The molecule has 0 aliphatic rings. The maximum Gasteiger partial charge on any atom is 0.0970 e. The number of likely N-dealkylation sites (N-methyl/N-ethyl adjacent to an activating group) is 1. The summed E-state index contributed by atoms with van der Waals surface area (Å²) < 4.78 is 2.78. The lowest BCUT2D eigenvalue weighted by atomic mass is 10.0. The van der Waals surface area contributed by atoms with E-state index in [-0.39, 0.29) is 0 Å². The Bertz CT molecular complexity index is 350. The summed E-state index contributed by atoms with van der Waals surface area (Å²) in [6, 6.07) is 0. The Kier molecular flexibility index (Phi) is 5.62. The van der Waals surface area contributed by atoms with Gasteiger partial charge in [0.1, 0.15) is 0 Å². The predicted molar refractivity (Wildman–Crippen MR) is 72.9 cm³/mol. The predicted octanol–water partition coefficient (Wildman–Crippen LogP) is 2.29. The zero-order chi connectivity index (χ0) is 13.0. The Hall–Kier alpha value is -0.390. The van der Waals surface area contributed by atoms with Gasteiger partial charge in [0.15, 0.2) is 0 Å². The summed E-state index contributed by atoms with van der Waals surface area (Å²) in [4.78, 5) is 2.11. The van der Waals surface area contributed by atoms with Gasteiger partial charge in [0.05, 0.1) is 29.0 Å². The average molecular weight is 304 g/mol. The van der Waals surface area contributed by atoms with Crippen molar-refractivity contribution in [3.05, 3.63) is 16.4 Å². The van der Waals surface area contributed by atoms with E-state index < -0.39 is 6.10 Å². The van der Waals surface area contributed by atoms with E-state index in [1.54, 1.807) is 6.20 Å². The highest BCUT2D eigenvalue weighted by Gasteiger charge is 2.18. The van der Waals surface area contributed by atoms with Gasteiger partial charge in [-0.3, -0.25) is 4.68 Å². The number of hydrogen-bond donors (Lipinski definition) is 1. The largest absolute Gasteiger partial charge is 0.387 e. The lowest BCUT2D eigenvalue weighted by Gasteiger charge is -2.17. The van der Waals surface area contributed by atoms with Crippen LogP contribution in [-0.2, 0) is 6.54 Å². The SMILES string of the molecule is CC(C)CC(O)c1c(Br)cnn1CCN(C)C. The second-order valence-corrected chi connectivity index (χ2v) is 5.90. The molecule has 1 rings (SSSR count). The molecule has 1 aromatic heterocycles. The number of nitrogens with zero attached hydrogens (tertiary/aromatic N) is 3. The molecule has 5 heteroatoms. The van der Waals surface area contributed by atoms with Gasteiger partial charge in [0.25, 0.3) is 0 Å². The second-order valence-electron chi connectivity index (χ2n) is 5.05. The summed E-state index contributed by atoms with van der Waals surface area (Å²) in [6.07, 6.45) is 2.06. The number of aliphatic hydroxyl groups excluding tert-OH is 1. The summed E-state index contributed by atoms with van der Waals surface area (Å²) >= 11 is 3.46. The van der Waals surface area contributed by atoms with Crippen LogP contribution in [0.1, 0.15) is 32.1 Å². The van der Waals surface area contributed by atoms with Gasteiger partial charge in [-0.1, -0.05) is 13.8 Å². The monoisotopic (exact) mass is 303 g/mol. The lowest BCUT2D eigenvalue weighted by Crippen LogP contribution is -2.21. The van der Waals surface area contributed by atoms with Gasteiger partial charge in [-0.25, -0.2) is 0 Å². The highest BCUT2D eigenvalue weighted by atomic mass is 79.9. The van der Waals surface area contributed by atoms with Gasteiger partial charge >= 0.3 is 0 Å². The molecular weight excluding hydrogens is 282 g/mol. The molecule has 1 atom stereocenters. The molecule has 0 bridgehead atoms. The fourth-order valence-corrected chi connectivity index (χ4v) is 2.29. The lowest BCUT2D eigenvalue weighted by molar-refractivity contribution is 0.139. The van der Waals surface area contributed by atoms with Crippen molar-refractivity contribution >= 4 is 15.9 Å². The number of aliphatic hydroxyl groups is 1. The molecule has 0 spiro atoms. The zero-order valence-electron chi connectivity index (χ0n) is 11.0. The molecule has 0 aliphatic carbocycles. The average Bonchev–Trinajstić information content (AvgIpc) is 2.55. The summed E-state index contributed by atoms with van der Waals surface area (Å²) in [7, 11) is 4.06. The fourth-order valence-electron chi connectivity index (χ4n) is 1.73. The van der Waals surface area contributed by atoms with Crippen molar-refractivity contribution in [1.29, 1.82) is 0 Å². The van der Waals surface area contributed by atoms with Crippen LogP contribution in [0.4, 0.5) is 0 Å². The Morgan fingerprint density at radius 1 is 1.47 bits per heavy atom. The third-order valence-corrected chi connectivity index (χ3v) is 3.21. The quantitative estimate of drug-likeness (QED) is 0.876. The minimum atomic E-state index is -0.450. The van der Waals surface area contributed by atoms with Crippen molar-refractivity contribution in [3.8, 4) is 0 Å². The molecule has 1 aromatic rings. The van der Waals surface area contributed by atoms with E-state index >= 15 is 0 Å². The normalized spacial score (nSPS) is 13.6. The van der Waals surface area contributed by atoms with E-state index in [0.29, 0.717) is 5.92 Å². The molecule has 1 N–H and O–H groups in total. The van der Waals surface area contributed by atoms with E-state index in [0.717, 1.165) is 29.7 Å². The van der Waals surface area contributed by atoms with Crippen molar-refractivity contribution in [2.24, 2.45) is 5.92 Å². The summed E-state index contributed by atoms with van der Waals surface area (Å²) in [6.45, 7) is 5.92. The van der Waals surface area contributed by atoms with E-state index in [1.807, 2.05) is 18.8 Å². The molecule has 0 radical (unpaired) electrons. The van der Waals surface area contributed by atoms with Crippen molar-refractivity contribution in [3.63, 3.8) is 0 Å². The van der Waals surface area contributed by atoms with Crippen LogP contribution in [0, 0.1) is 5.92 Å². The maximum absolute atomic E-state index is 10.2. The van der Waals surface area contributed by atoms with Gasteiger partial charge in [0, 0.05) is 6.54 Å². The minimum Gasteiger partial charge on any atom is -0.387 e. The number of halogens is 1. The standard InChI is InChI=1S/C12H22BrN3O/c1-9(2)7-11(17)12-10(13)8-14-16(12)6-5-15(3)4/h8-9,11,17H,5-7H2,1-4H3. The smallest absolute Gasteiger partial charge is 0.0970 e. The van der Waals surface area contributed by atoms with E-state index in [1.165, 1.54) is 0 Å². The van der Waals surface area contributed by atoms with Crippen molar-refractivity contribution in [2.45, 2.75) is 32.9 Å². The Morgan fingerprint density at radius 2 is 2.12 bits per heavy atom. The van der Waals surface area contributed by atoms with Crippen LogP contribution in [0.15, 0.2) is 10.7 Å². The van der Waals surface area contributed by atoms with Crippen LogP contribution in [0.2, 0.25) is 0 Å². The van der Waals surface area contributed by atoms with E-state index in [9.17, 15) is 5.11 Å². The van der Waals surface area contributed by atoms with Crippen LogP contribution >= 0.6 is 15.9 Å². The number of hydrogen-bond acceptors (Lipinski definition) is 3. The Morgan fingerprint density at radius 3 is 2.65 bits per heavy atom. The first-order valence-corrected chi connectivity index (χ1v) is 6.75. The number of rotatable bonds is 6. The summed E-state index contributed by atoms with van der Waals surface area (Å²) in [5.41, 5.74) is 0.889. The van der Waals surface area contributed by atoms with Crippen molar-refractivity contribution in [2.75, 3.05) is 20.6 Å². The van der Waals surface area contributed by atoms with E-state index in [2.05, 4.69) is 39.8 Å². The molecule has 98 valence electrons. The van der Waals surface area contributed by atoms with Crippen LogP contribution < -0.4 is 0 Å². The summed E-state index contributed by atoms with van der Waals surface area (Å²) in [5.74, 6) is 0.467. The zero-order valence-corrected chi connectivity index (χ0v) is 12.6. The fraction of sp³-hybridized carbons (Fsp3) is 0.750. The molecule has 0 aliphatic heterocycles. The molecular formula is C12H22BrN3O. The van der Waals surface area contributed by atoms with Crippen molar-refractivity contribution < 1.29 is 5.11 Å². The Balaban J connectivity index is 2.78. The Labute approximate surface area is 112 Å². The second kappa shape index (κ2) is 6.52. The molecule has 0 aromatic carbocycles. The van der Waals surface area contributed by atoms with Gasteiger partial charge < -0.3 is 10.0 Å². The first kappa shape index (κ1) is 14.7. The highest BCUT2D eigenvalue weighted by Crippen LogP contribution is 2.27. The van der Waals surface area contributed by atoms with Crippen LogP contribution in [-0.4, -0.2) is 40.4 Å². The van der Waals surface area contributed by atoms with Crippen LogP contribution in [0.5, 0.6) is 0 Å².